The number of aromatic nitrogens is 2. The molecule has 1 aromatic rings. The summed E-state index contributed by atoms with van der Waals surface area (Å²) in [6, 6.07) is 1.24. The molecule has 21 heteroatoms. The number of phosphoric acid groups is 2. The Bertz CT molecular complexity index is 1810. The van der Waals surface area contributed by atoms with Gasteiger partial charge in [0.25, 0.3) is 0 Å². The van der Waals surface area contributed by atoms with Crippen molar-refractivity contribution >= 4 is 33.4 Å². The number of allylic oxidation sites excluding steroid dienone is 5. The molecule has 4 unspecified atom stereocenters. The van der Waals surface area contributed by atoms with Crippen molar-refractivity contribution in [2.24, 2.45) is 5.92 Å². The summed E-state index contributed by atoms with van der Waals surface area (Å²) >= 11 is 0. The highest BCUT2D eigenvalue weighted by Gasteiger charge is 2.46. The predicted octanol–water partition coefficient (Wildman–Crippen LogP) is 8.44. The van der Waals surface area contributed by atoms with Gasteiger partial charge in [0.1, 0.15) is 30.7 Å². The van der Waals surface area contributed by atoms with Gasteiger partial charge in [-0.15, -0.1) is 0 Å². The van der Waals surface area contributed by atoms with E-state index in [1.54, 1.807) is 6.08 Å². The average Bonchev–Trinajstić information content (AvgIpc) is 3.57. The maximum atomic E-state index is 12.8. The number of hydrogen-bond acceptors (Lipinski definition) is 16. The maximum Gasteiger partial charge on any atom is 0.481 e. The Morgan fingerprint density at radius 1 is 0.809 bits per heavy atom. The van der Waals surface area contributed by atoms with E-state index in [1.165, 1.54) is 51.0 Å². The van der Waals surface area contributed by atoms with Gasteiger partial charge >= 0.3 is 33.3 Å². The molecule has 19 nitrogen and oxygen atoms in total. The molecule has 390 valence electrons. The van der Waals surface area contributed by atoms with Gasteiger partial charge < -0.3 is 45.1 Å². The molecule has 1 saturated heterocycles. The molecule has 0 aliphatic carbocycles. The molecule has 0 spiro atoms. The summed E-state index contributed by atoms with van der Waals surface area (Å²) in [6.45, 7) is 4.24. The van der Waals surface area contributed by atoms with Crippen LogP contribution in [0.5, 0.6) is 0 Å². The smallest absolute Gasteiger partial charge is 0.462 e. The van der Waals surface area contributed by atoms with Gasteiger partial charge in [0.05, 0.1) is 19.3 Å². The van der Waals surface area contributed by atoms with E-state index in [-0.39, 0.29) is 18.7 Å². The summed E-state index contributed by atoms with van der Waals surface area (Å²) in [6.07, 6.45) is 24.0. The van der Waals surface area contributed by atoms with Gasteiger partial charge in [-0.3, -0.25) is 23.2 Å². The standard InChI is InChI=1S/C47H81N3O16P2/c1-4-6-7-8-13-18-23-28-38(51)29-24-19-16-21-26-31-43(53)64-39(34-61-42(52)30-25-20-15-12-10-9-11-14-17-22-27-37(3)5-2)35-62-67(57,58)66-68(59,60)63-36-40-44(54)45(55)46(65-40)50-33-32-41(48)49-47(50)56/h6-7,13,18,23,28,32-33,37-40,44-46,51,54-55H,4-5,8-12,14-17,19-22,24-27,29-31,34-36H2,1-3H3,(H,57,58)(H,59,60)(H2,48,49,56)/b7-6+,18-13+,28-23+/t37?,38?,39-,40-,44-,45-,46-/m1/s1. The quantitative estimate of drug-likeness (QED) is 0.0119. The number of nitrogens with zero attached hydrogens (tertiary/aromatic N) is 2. The van der Waals surface area contributed by atoms with Crippen LogP contribution in [0, 0.1) is 5.92 Å². The van der Waals surface area contributed by atoms with Crippen molar-refractivity contribution in [3.05, 3.63) is 59.2 Å². The zero-order valence-corrected chi connectivity index (χ0v) is 42.2. The molecule has 7 N–H and O–H groups in total. The molecule has 1 aromatic heterocycles. The topological polar surface area (TPSA) is 286 Å². The van der Waals surface area contributed by atoms with E-state index >= 15 is 0 Å². The Morgan fingerprint density at radius 3 is 2.01 bits per heavy atom. The minimum absolute atomic E-state index is 0.0189. The minimum atomic E-state index is -5.44. The normalized spacial score (nSPS) is 20.7. The number of aliphatic hydroxyl groups is 3. The lowest BCUT2D eigenvalue weighted by Crippen LogP contribution is -2.36. The number of esters is 2. The van der Waals surface area contributed by atoms with Crippen LogP contribution in [0.15, 0.2) is 53.5 Å². The Kier molecular flexibility index (Phi) is 31.5. The van der Waals surface area contributed by atoms with Gasteiger partial charge in [0, 0.05) is 19.0 Å². The van der Waals surface area contributed by atoms with E-state index in [9.17, 15) is 48.6 Å². The second-order valence-electron chi connectivity index (χ2n) is 17.4. The van der Waals surface area contributed by atoms with Crippen LogP contribution in [0.25, 0.3) is 0 Å². The third-order valence-electron chi connectivity index (χ3n) is 11.4. The van der Waals surface area contributed by atoms with Gasteiger partial charge in [-0.1, -0.05) is 154 Å². The maximum absolute atomic E-state index is 12.8. The fraction of sp³-hybridized carbons (Fsp3) is 0.745. The number of anilines is 1. The average molecular weight is 1010 g/mol. The summed E-state index contributed by atoms with van der Waals surface area (Å²) in [7, 11) is -10.9. The highest BCUT2D eigenvalue weighted by molar-refractivity contribution is 7.61. The molecule has 2 heterocycles. The fourth-order valence-corrected chi connectivity index (χ4v) is 9.29. The number of ether oxygens (including phenoxy) is 3. The predicted molar refractivity (Wildman–Crippen MR) is 258 cm³/mol. The summed E-state index contributed by atoms with van der Waals surface area (Å²) in [5, 5.41) is 31.1. The molecular weight excluding hydrogens is 924 g/mol. The van der Waals surface area contributed by atoms with E-state index in [2.05, 4.69) is 42.2 Å². The Morgan fingerprint density at radius 2 is 1.40 bits per heavy atom. The minimum Gasteiger partial charge on any atom is -0.462 e. The number of carbonyl (C=O) groups excluding carboxylic acids is 2. The van der Waals surface area contributed by atoms with Crippen molar-refractivity contribution in [2.75, 3.05) is 25.6 Å². The van der Waals surface area contributed by atoms with Crippen molar-refractivity contribution in [3.63, 3.8) is 0 Å². The summed E-state index contributed by atoms with van der Waals surface area (Å²) < 4.78 is 56.6. The fourth-order valence-electron chi connectivity index (χ4n) is 7.18. The molecule has 0 aromatic carbocycles. The lowest BCUT2D eigenvalue weighted by atomic mass is 9.99. The Balaban J connectivity index is 1.84. The van der Waals surface area contributed by atoms with E-state index < -0.39 is 89.8 Å². The molecule has 0 radical (unpaired) electrons. The van der Waals surface area contributed by atoms with Crippen molar-refractivity contribution < 1.29 is 71.4 Å². The number of nitrogen functional groups attached to an aromatic ring is 1. The van der Waals surface area contributed by atoms with Gasteiger partial charge in [0.2, 0.25) is 0 Å². The van der Waals surface area contributed by atoms with Gasteiger partial charge in [-0.2, -0.15) is 9.29 Å². The molecule has 0 bridgehead atoms. The molecule has 2 rings (SSSR count). The van der Waals surface area contributed by atoms with Crippen LogP contribution in [0.4, 0.5) is 5.82 Å². The van der Waals surface area contributed by atoms with Gasteiger partial charge in [-0.05, 0) is 44.1 Å². The third-order valence-corrected chi connectivity index (χ3v) is 14.0. The summed E-state index contributed by atoms with van der Waals surface area (Å²) in [4.78, 5) is 61.8. The highest BCUT2D eigenvalue weighted by atomic mass is 31.3. The number of aliphatic hydroxyl groups excluding tert-OH is 3. The van der Waals surface area contributed by atoms with E-state index in [4.69, 9.17) is 29.0 Å². The third kappa shape index (κ3) is 28.0. The van der Waals surface area contributed by atoms with Crippen LogP contribution in [0.1, 0.15) is 168 Å². The second kappa shape index (κ2) is 35.1. The molecule has 1 aliphatic heterocycles. The monoisotopic (exact) mass is 1010 g/mol. The van der Waals surface area contributed by atoms with E-state index in [1.807, 2.05) is 18.2 Å². The zero-order chi connectivity index (χ0) is 50.2. The molecular formula is C47H81N3O16P2. The lowest BCUT2D eigenvalue weighted by molar-refractivity contribution is -0.161. The summed E-state index contributed by atoms with van der Waals surface area (Å²) in [5.74, 6) is -0.578. The van der Waals surface area contributed by atoms with Crippen LogP contribution < -0.4 is 11.4 Å². The highest BCUT2D eigenvalue weighted by Crippen LogP contribution is 2.60. The largest absolute Gasteiger partial charge is 0.481 e. The van der Waals surface area contributed by atoms with Crippen molar-refractivity contribution in [1.29, 1.82) is 0 Å². The Hall–Kier alpha value is -3.06. The molecule has 9 atom stereocenters. The Labute approximate surface area is 402 Å². The van der Waals surface area contributed by atoms with Crippen LogP contribution in [-0.4, -0.2) is 96.9 Å². The first-order valence-corrected chi connectivity index (χ1v) is 27.5. The van der Waals surface area contributed by atoms with Crippen LogP contribution in [0.3, 0.4) is 0 Å². The SMILES string of the molecule is CC/C=C/C/C=C/C=C/C(O)CCCCCCCC(=O)O[C@H](COC(=O)CCCCCCCCCCCCC(C)CC)COP(=O)(O)OP(=O)(O)OC[C@H]1O[C@@H](n2ccc(N)nc2=O)[C@H](O)[C@@H]1O. The van der Waals surface area contributed by atoms with Crippen LogP contribution >= 0.6 is 15.6 Å². The first kappa shape index (κ1) is 61.1. The van der Waals surface area contributed by atoms with Crippen LogP contribution in [0.2, 0.25) is 0 Å². The molecule has 0 amide bonds. The molecule has 1 fully saturated rings. The number of nitrogens with two attached hydrogens (primary N) is 1. The number of unbranched alkanes of at least 4 members (excludes halogenated alkanes) is 13. The van der Waals surface area contributed by atoms with Gasteiger partial charge in [-0.25, -0.2) is 13.9 Å². The number of phosphoric ester groups is 2. The number of hydrogen-bond donors (Lipinski definition) is 6. The van der Waals surface area contributed by atoms with Crippen molar-refractivity contribution in [1.82, 2.24) is 9.55 Å². The first-order valence-electron chi connectivity index (χ1n) is 24.5. The molecule has 68 heavy (non-hydrogen) atoms. The zero-order valence-electron chi connectivity index (χ0n) is 40.4. The van der Waals surface area contributed by atoms with Crippen molar-refractivity contribution in [3.8, 4) is 0 Å². The second-order valence-corrected chi connectivity index (χ2v) is 20.4. The molecule has 1 aliphatic rings. The van der Waals surface area contributed by atoms with Gasteiger partial charge in [0.15, 0.2) is 12.3 Å². The van der Waals surface area contributed by atoms with Crippen molar-refractivity contribution in [2.45, 2.75) is 199 Å². The first-order chi connectivity index (χ1) is 32.5. The van der Waals surface area contributed by atoms with Crippen LogP contribution in [-0.2, 0) is 46.3 Å². The van der Waals surface area contributed by atoms with E-state index in [0.29, 0.717) is 25.7 Å². The summed E-state index contributed by atoms with van der Waals surface area (Å²) in [5.41, 5.74) is 4.57. The van der Waals surface area contributed by atoms with E-state index in [0.717, 1.165) is 74.5 Å². The number of carbonyl (C=O) groups is 2. The lowest BCUT2D eigenvalue weighted by Gasteiger charge is -2.21. The molecule has 0 saturated carbocycles. The number of rotatable bonds is 39.